The Hall–Kier alpha value is -3.22. The predicted molar refractivity (Wildman–Crippen MR) is 132 cm³/mol. The van der Waals surface area contributed by atoms with E-state index in [1.165, 1.54) is 0 Å². The van der Waals surface area contributed by atoms with Gasteiger partial charge >= 0.3 is 6.03 Å². The van der Waals surface area contributed by atoms with Crippen LogP contribution in [0.2, 0.25) is 0 Å². The van der Waals surface area contributed by atoms with E-state index in [0.717, 1.165) is 34.7 Å². The zero-order valence-corrected chi connectivity index (χ0v) is 20.4. The first-order chi connectivity index (χ1) is 16.5. The summed E-state index contributed by atoms with van der Waals surface area (Å²) in [6.45, 7) is 8.76. The smallest absolute Gasteiger partial charge is 0.324 e. The van der Waals surface area contributed by atoms with Crippen molar-refractivity contribution < 1.29 is 19.1 Å². The number of urea groups is 1. The van der Waals surface area contributed by atoms with E-state index < -0.39 is 0 Å². The molecule has 1 atom stereocenters. The lowest BCUT2D eigenvalue weighted by molar-refractivity contribution is -0.126. The van der Waals surface area contributed by atoms with E-state index in [9.17, 15) is 9.59 Å². The summed E-state index contributed by atoms with van der Waals surface area (Å²) in [5.74, 6) is 1.51. The average molecular weight is 466 g/mol. The molecule has 2 heterocycles. The standard InChI is InChI=1S/C27H35N3O4/c1-4-22-18-30(23-16-19(3)10-11-25(23)34-22)27(32)29-14-12-20(13-15-29)26(31)28-17-21-8-6-7-9-24(21)33-5-2/h6-11,16,20,22H,4-5,12-15,17-18H2,1-3H3,(H,28,31). The van der Waals surface area contributed by atoms with Crippen molar-refractivity contribution in [2.75, 3.05) is 31.1 Å². The molecular weight excluding hydrogens is 430 g/mol. The summed E-state index contributed by atoms with van der Waals surface area (Å²) < 4.78 is 11.7. The molecule has 0 aromatic heterocycles. The quantitative estimate of drug-likeness (QED) is 0.681. The summed E-state index contributed by atoms with van der Waals surface area (Å²) in [6.07, 6.45) is 2.15. The number of ether oxygens (including phenoxy) is 2. The van der Waals surface area contributed by atoms with Gasteiger partial charge in [0.15, 0.2) is 0 Å². The highest BCUT2D eigenvalue weighted by Crippen LogP contribution is 2.36. The summed E-state index contributed by atoms with van der Waals surface area (Å²) in [5, 5.41) is 3.06. The Morgan fingerprint density at radius 3 is 2.62 bits per heavy atom. The van der Waals surface area contributed by atoms with E-state index in [2.05, 4.69) is 12.2 Å². The van der Waals surface area contributed by atoms with Crippen LogP contribution in [-0.2, 0) is 11.3 Å². The lowest BCUT2D eigenvalue weighted by atomic mass is 9.96. The number of rotatable bonds is 6. The Morgan fingerprint density at radius 2 is 1.88 bits per heavy atom. The topological polar surface area (TPSA) is 71.1 Å². The van der Waals surface area contributed by atoms with Crippen molar-refractivity contribution in [3.8, 4) is 11.5 Å². The van der Waals surface area contributed by atoms with Crippen LogP contribution in [0.3, 0.4) is 0 Å². The second-order valence-electron chi connectivity index (χ2n) is 9.03. The maximum Gasteiger partial charge on any atom is 0.324 e. The average Bonchev–Trinajstić information content (AvgIpc) is 2.87. The highest BCUT2D eigenvalue weighted by Gasteiger charge is 2.34. The van der Waals surface area contributed by atoms with E-state index in [1.54, 1.807) is 0 Å². The number of piperidine rings is 1. The van der Waals surface area contributed by atoms with Gasteiger partial charge in [-0.2, -0.15) is 0 Å². The fraction of sp³-hybridized carbons (Fsp3) is 0.481. The predicted octanol–water partition coefficient (Wildman–Crippen LogP) is 4.52. The molecule has 2 aliphatic rings. The van der Waals surface area contributed by atoms with Gasteiger partial charge in [0, 0.05) is 31.1 Å². The van der Waals surface area contributed by atoms with E-state index in [-0.39, 0.29) is 24.0 Å². The number of aryl methyl sites for hydroxylation is 1. The molecule has 1 unspecified atom stereocenters. The Labute approximate surface area is 202 Å². The summed E-state index contributed by atoms with van der Waals surface area (Å²) in [7, 11) is 0. The van der Waals surface area contributed by atoms with Crippen LogP contribution >= 0.6 is 0 Å². The molecule has 0 radical (unpaired) electrons. The van der Waals surface area contributed by atoms with Crippen LogP contribution in [-0.4, -0.2) is 49.2 Å². The number of amides is 3. The van der Waals surface area contributed by atoms with Crippen LogP contribution in [0, 0.1) is 12.8 Å². The van der Waals surface area contributed by atoms with Crippen LogP contribution in [0.25, 0.3) is 0 Å². The van der Waals surface area contributed by atoms with E-state index in [1.807, 2.05) is 66.1 Å². The molecule has 1 saturated heterocycles. The van der Waals surface area contributed by atoms with Crippen molar-refractivity contribution in [2.45, 2.75) is 52.7 Å². The lowest BCUT2D eigenvalue weighted by Gasteiger charge is -2.39. The number of likely N-dealkylation sites (tertiary alicyclic amines) is 1. The van der Waals surface area contributed by atoms with Gasteiger partial charge in [0.2, 0.25) is 5.91 Å². The Balaban J connectivity index is 1.34. The number of nitrogens with one attached hydrogen (secondary N) is 1. The first-order valence-corrected chi connectivity index (χ1v) is 12.3. The number of carbonyl (C=O) groups excluding carboxylic acids is 2. The molecule has 4 rings (SSSR count). The molecule has 2 aromatic rings. The van der Waals surface area contributed by atoms with Gasteiger partial charge in [-0.25, -0.2) is 4.79 Å². The van der Waals surface area contributed by atoms with Gasteiger partial charge in [-0.15, -0.1) is 0 Å². The summed E-state index contributed by atoms with van der Waals surface area (Å²) in [4.78, 5) is 30.0. The second kappa shape index (κ2) is 10.8. The minimum absolute atomic E-state index is 0.00176. The van der Waals surface area contributed by atoms with Crippen molar-refractivity contribution in [2.24, 2.45) is 5.92 Å². The first-order valence-electron chi connectivity index (χ1n) is 12.3. The number of carbonyl (C=O) groups is 2. The van der Waals surface area contributed by atoms with Crippen molar-refractivity contribution in [3.05, 3.63) is 53.6 Å². The minimum atomic E-state index is -0.0917. The normalized spacial score (nSPS) is 18.1. The highest BCUT2D eigenvalue weighted by atomic mass is 16.5. The number of anilines is 1. The van der Waals surface area contributed by atoms with Crippen LogP contribution in [0.1, 0.15) is 44.2 Å². The van der Waals surface area contributed by atoms with Gasteiger partial charge < -0.3 is 19.7 Å². The molecule has 7 heteroatoms. The SMILES string of the molecule is CCOc1ccccc1CNC(=O)C1CCN(C(=O)N2CC(CC)Oc3ccc(C)cc32)CC1. The maximum absolute atomic E-state index is 13.5. The number of fused-ring (bicyclic) bond motifs is 1. The molecule has 3 amide bonds. The van der Waals surface area contributed by atoms with E-state index >= 15 is 0 Å². The first kappa shape index (κ1) is 23.9. The number of hydrogen-bond acceptors (Lipinski definition) is 4. The molecule has 0 spiro atoms. The van der Waals surface area contributed by atoms with Crippen molar-refractivity contribution in [1.82, 2.24) is 10.2 Å². The van der Waals surface area contributed by atoms with Gasteiger partial charge in [-0.3, -0.25) is 9.69 Å². The van der Waals surface area contributed by atoms with Gasteiger partial charge in [0.05, 0.1) is 18.8 Å². The molecule has 7 nitrogen and oxygen atoms in total. The fourth-order valence-electron chi connectivity index (χ4n) is 4.63. The maximum atomic E-state index is 13.5. The number of para-hydroxylation sites is 1. The van der Waals surface area contributed by atoms with Gasteiger partial charge in [-0.1, -0.05) is 31.2 Å². The van der Waals surface area contributed by atoms with Crippen LogP contribution < -0.4 is 19.7 Å². The van der Waals surface area contributed by atoms with Gasteiger partial charge in [0.1, 0.15) is 17.6 Å². The van der Waals surface area contributed by atoms with Crippen molar-refractivity contribution in [3.63, 3.8) is 0 Å². The second-order valence-corrected chi connectivity index (χ2v) is 9.03. The van der Waals surface area contributed by atoms with E-state index in [4.69, 9.17) is 9.47 Å². The molecule has 182 valence electrons. The minimum Gasteiger partial charge on any atom is -0.494 e. The molecule has 0 aliphatic carbocycles. The van der Waals surface area contributed by atoms with Crippen LogP contribution in [0.15, 0.2) is 42.5 Å². The Morgan fingerprint density at radius 1 is 1.12 bits per heavy atom. The summed E-state index contributed by atoms with van der Waals surface area (Å²) in [5.41, 5.74) is 2.90. The van der Waals surface area contributed by atoms with Gasteiger partial charge in [0.25, 0.3) is 0 Å². The van der Waals surface area contributed by atoms with Crippen LogP contribution in [0.5, 0.6) is 11.5 Å². The largest absolute Gasteiger partial charge is 0.494 e. The summed E-state index contributed by atoms with van der Waals surface area (Å²) in [6, 6.07) is 13.7. The number of nitrogens with zero attached hydrogens (tertiary/aromatic N) is 2. The third-order valence-corrected chi connectivity index (χ3v) is 6.63. The Kier molecular flexibility index (Phi) is 7.60. The Bertz CT molecular complexity index is 1020. The monoisotopic (exact) mass is 465 g/mol. The van der Waals surface area contributed by atoms with Crippen molar-refractivity contribution in [1.29, 1.82) is 0 Å². The highest BCUT2D eigenvalue weighted by molar-refractivity contribution is 5.94. The number of benzene rings is 2. The molecule has 1 fully saturated rings. The molecule has 1 N–H and O–H groups in total. The molecule has 2 aliphatic heterocycles. The van der Waals surface area contributed by atoms with Crippen molar-refractivity contribution >= 4 is 17.6 Å². The third-order valence-electron chi connectivity index (χ3n) is 6.63. The molecular formula is C27H35N3O4. The molecule has 0 bridgehead atoms. The zero-order chi connectivity index (χ0) is 24.1. The molecule has 2 aromatic carbocycles. The molecule has 34 heavy (non-hydrogen) atoms. The lowest BCUT2D eigenvalue weighted by Crippen LogP contribution is -2.52. The van der Waals surface area contributed by atoms with Crippen LogP contribution in [0.4, 0.5) is 10.5 Å². The fourth-order valence-corrected chi connectivity index (χ4v) is 4.63. The third kappa shape index (κ3) is 5.29. The molecule has 0 saturated carbocycles. The van der Waals surface area contributed by atoms with Gasteiger partial charge in [-0.05, 0) is 56.9 Å². The van der Waals surface area contributed by atoms with E-state index in [0.29, 0.717) is 45.6 Å². The summed E-state index contributed by atoms with van der Waals surface area (Å²) >= 11 is 0. The number of hydrogen-bond donors (Lipinski definition) is 1. The zero-order valence-electron chi connectivity index (χ0n) is 20.4.